The molecule has 108 valence electrons. The van der Waals surface area contributed by atoms with Gasteiger partial charge in [-0.25, -0.2) is 4.79 Å². The number of nitrogens with two attached hydrogens (primary N) is 1. The molecule has 1 aromatic carbocycles. The molecule has 1 rings (SSSR count). The summed E-state index contributed by atoms with van der Waals surface area (Å²) in [6, 6.07) is 5.71. The summed E-state index contributed by atoms with van der Waals surface area (Å²) < 4.78 is 5.12. The Morgan fingerprint density at radius 3 is 2.65 bits per heavy atom. The summed E-state index contributed by atoms with van der Waals surface area (Å²) in [4.78, 5) is 11.4. The number of rotatable bonds is 2. The van der Waals surface area contributed by atoms with Crippen LogP contribution >= 0.6 is 0 Å². The minimum atomic E-state index is -0.477. The summed E-state index contributed by atoms with van der Waals surface area (Å²) in [6.45, 7) is 7.92. The van der Waals surface area contributed by atoms with Crippen molar-refractivity contribution in [2.75, 3.05) is 12.3 Å². The van der Waals surface area contributed by atoms with Gasteiger partial charge in [0.15, 0.2) is 0 Å². The Morgan fingerprint density at radius 2 is 2.05 bits per heavy atom. The second-order valence-corrected chi connectivity index (χ2v) is 5.61. The molecule has 0 spiro atoms. The number of anilines is 1. The average molecular weight is 274 g/mol. The molecule has 0 fully saturated rings. The first-order chi connectivity index (χ1) is 9.26. The number of benzene rings is 1. The third-order valence-electron chi connectivity index (χ3n) is 2.25. The highest BCUT2D eigenvalue weighted by molar-refractivity contribution is 5.67. The van der Waals surface area contributed by atoms with Crippen molar-refractivity contribution in [3.05, 3.63) is 29.3 Å². The van der Waals surface area contributed by atoms with Crippen LogP contribution in [0, 0.1) is 18.8 Å². The Bertz CT molecular complexity index is 513. The van der Waals surface area contributed by atoms with E-state index in [1.54, 1.807) is 0 Å². The molecular weight excluding hydrogens is 252 g/mol. The fourth-order valence-electron chi connectivity index (χ4n) is 1.59. The zero-order valence-corrected chi connectivity index (χ0v) is 12.5. The number of nitrogens with one attached hydrogen (secondary N) is 1. The molecule has 0 bridgehead atoms. The normalized spacial score (nSPS) is 10.4. The zero-order chi connectivity index (χ0) is 15.2. The second-order valence-electron chi connectivity index (χ2n) is 5.61. The maximum atomic E-state index is 11.4. The average Bonchev–Trinajstić information content (AvgIpc) is 2.24. The Balaban J connectivity index is 2.38. The minimum Gasteiger partial charge on any atom is -0.444 e. The second kappa shape index (κ2) is 6.85. The molecule has 1 amide bonds. The van der Waals surface area contributed by atoms with E-state index in [1.807, 2.05) is 45.9 Å². The molecule has 20 heavy (non-hydrogen) atoms. The molecule has 1 aromatic rings. The van der Waals surface area contributed by atoms with E-state index in [-0.39, 0.29) is 0 Å². The van der Waals surface area contributed by atoms with E-state index in [2.05, 4.69) is 17.2 Å². The molecule has 0 atom stereocenters. The third kappa shape index (κ3) is 6.69. The number of alkyl carbamates (subject to hydrolysis) is 1. The fraction of sp³-hybridized carbons (Fsp3) is 0.438. The van der Waals surface area contributed by atoms with Crippen LogP contribution in [-0.4, -0.2) is 18.2 Å². The van der Waals surface area contributed by atoms with E-state index < -0.39 is 11.7 Å². The highest BCUT2D eigenvalue weighted by Crippen LogP contribution is 2.10. The molecule has 0 unspecified atom stereocenters. The monoisotopic (exact) mass is 274 g/mol. The van der Waals surface area contributed by atoms with Crippen LogP contribution in [0.1, 0.15) is 38.3 Å². The number of hydrogen-bond donors (Lipinski definition) is 2. The van der Waals surface area contributed by atoms with Crippen molar-refractivity contribution in [1.29, 1.82) is 0 Å². The molecule has 0 aromatic heterocycles. The fourth-order valence-corrected chi connectivity index (χ4v) is 1.59. The first-order valence-corrected chi connectivity index (χ1v) is 6.59. The number of carbonyl (C=O) groups excluding carboxylic acids is 1. The van der Waals surface area contributed by atoms with Crippen molar-refractivity contribution in [3.63, 3.8) is 0 Å². The van der Waals surface area contributed by atoms with Crippen LogP contribution in [0.25, 0.3) is 0 Å². The standard InChI is InChI=1S/C16H22N2O2/c1-12-9-13(11-14(17)10-12)7-5-6-8-18-15(19)20-16(2,3)4/h9-11H,6,8,17H2,1-4H3,(H,18,19). The van der Waals surface area contributed by atoms with Gasteiger partial charge >= 0.3 is 6.09 Å². The van der Waals surface area contributed by atoms with Crippen LogP contribution in [0.2, 0.25) is 0 Å². The summed E-state index contributed by atoms with van der Waals surface area (Å²) in [5.74, 6) is 6.02. The van der Waals surface area contributed by atoms with E-state index in [1.165, 1.54) is 0 Å². The molecule has 3 N–H and O–H groups in total. The van der Waals surface area contributed by atoms with Crippen LogP contribution in [0.4, 0.5) is 10.5 Å². The lowest BCUT2D eigenvalue weighted by molar-refractivity contribution is 0.0529. The van der Waals surface area contributed by atoms with Crippen LogP contribution in [0.15, 0.2) is 18.2 Å². The van der Waals surface area contributed by atoms with Gasteiger partial charge in [-0.1, -0.05) is 11.8 Å². The van der Waals surface area contributed by atoms with Crippen molar-refractivity contribution in [1.82, 2.24) is 5.32 Å². The van der Waals surface area contributed by atoms with Crippen LogP contribution in [-0.2, 0) is 4.74 Å². The lowest BCUT2D eigenvalue weighted by atomic mass is 10.1. The van der Waals surface area contributed by atoms with Gasteiger partial charge in [0, 0.05) is 24.2 Å². The van der Waals surface area contributed by atoms with Crippen molar-refractivity contribution < 1.29 is 9.53 Å². The molecule has 4 nitrogen and oxygen atoms in total. The Morgan fingerprint density at radius 1 is 1.35 bits per heavy atom. The van der Waals surface area contributed by atoms with E-state index in [0.717, 1.165) is 11.1 Å². The molecule has 4 heteroatoms. The summed E-state index contributed by atoms with van der Waals surface area (Å²) in [7, 11) is 0. The number of ether oxygens (including phenoxy) is 1. The van der Waals surface area contributed by atoms with Crippen LogP contribution < -0.4 is 11.1 Å². The molecule has 0 aliphatic carbocycles. The molecular formula is C16H22N2O2. The minimum absolute atomic E-state index is 0.418. The quantitative estimate of drug-likeness (QED) is 0.495. The summed E-state index contributed by atoms with van der Waals surface area (Å²) >= 11 is 0. The highest BCUT2D eigenvalue weighted by Gasteiger charge is 2.15. The van der Waals surface area contributed by atoms with E-state index in [9.17, 15) is 4.79 Å². The maximum absolute atomic E-state index is 11.4. The van der Waals surface area contributed by atoms with Gasteiger partial charge in [-0.3, -0.25) is 0 Å². The van der Waals surface area contributed by atoms with Gasteiger partial charge in [0.25, 0.3) is 0 Å². The van der Waals surface area contributed by atoms with Gasteiger partial charge in [-0.05, 0) is 51.5 Å². The van der Waals surface area contributed by atoms with Gasteiger partial charge in [0.1, 0.15) is 5.60 Å². The molecule has 0 aliphatic heterocycles. The lowest BCUT2D eigenvalue weighted by Crippen LogP contribution is -2.32. The van der Waals surface area contributed by atoms with Crippen molar-refractivity contribution in [2.24, 2.45) is 0 Å². The molecule has 0 radical (unpaired) electrons. The first-order valence-electron chi connectivity index (χ1n) is 6.59. The first kappa shape index (κ1) is 15.9. The largest absolute Gasteiger partial charge is 0.444 e. The van der Waals surface area contributed by atoms with Crippen LogP contribution in [0.5, 0.6) is 0 Å². The predicted octanol–water partition coefficient (Wildman–Crippen LogP) is 2.84. The number of nitrogen functional groups attached to an aromatic ring is 1. The van der Waals surface area contributed by atoms with Gasteiger partial charge in [0.05, 0.1) is 0 Å². The maximum Gasteiger partial charge on any atom is 0.407 e. The summed E-state index contributed by atoms with van der Waals surface area (Å²) in [5.41, 5.74) is 7.95. The third-order valence-corrected chi connectivity index (χ3v) is 2.25. The zero-order valence-electron chi connectivity index (χ0n) is 12.5. The van der Waals surface area contributed by atoms with Crippen molar-refractivity contribution in [2.45, 2.75) is 39.7 Å². The van der Waals surface area contributed by atoms with E-state index in [4.69, 9.17) is 10.5 Å². The summed E-state index contributed by atoms with van der Waals surface area (Å²) in [6.07, 6.45) is 0.145. The molecule has 0 aliphatic rings. The van der Waals surface area contributed by atoms with Crippen LogP contribution in [0.3, 0.4) is 0 Å². The lowest BCUT2D eigenvalue weighted by Gasteiger charge is -2.19. The smallest absolute Gasteiger partial charge is 0.407 e. The van der Waals surface area contributed by atoms with Gasteiger partial charge in [0.2, 0.25) is 0 Å². The Kier molecular flexibility index (Phi) is 5.45. The van der Waals surface area contributed by atoms with E-state index >= 15 is 0 Å². The van der Waals surface area contributed by atoms with Gasteiger partial charge in [-0.15, -0.1) is 0 Å². The number of carbonyl (C=O) groups is 1. The number of hydrogen-bond acceptors (Lipinski definition) is 3. The molecule has 0 heterocycles. The Labute approximate surface area is 120 Å². The van der Waals surface area contributed by atoms with E-state index in [0.29, 0.717) is 18.7 Å². The van der Waals surface area contributed by atoms with Gasteiger partial charge < -0.3 is 15.8 Å². The topological polar surface area (TPSA) is 64.3 Å². The number of amides is 1. The van der Waals surface area contributed by atoms with Gasteiger partial charge in [-0.2, -0.15) is 0 Å². The highest BCUT2D eigenvalue weighted by atomic mass is 16.6. The summed E-state index contributed by atoms with van der Waals surface area (Å²) in [5, 5.41) is 2.66. The Hall–Kier alpha value is -2.15. The number of aryl methyl sites for hydroxylation is 1. The SMILES string of the molecule is Cc1cc(N)cc(C#CCCNC(=O)OC(C)(C)C)c1. The van der Waals surface area contributed by atoms with Crippen molar-refractivity contribution >= 4 is 11.8 Å². The molecule has 0 saturated carbocycles. The molecule has 0 saturated heterocycles. The van der Waals surface area contributed by atoms with Crippen molar-refractivity contribution in [3.8, 4) is 11.8 Å². The predicted molar refractivity (Wildman–Crippen MR) is 81.3 cm³/mol.